The number of fused-ring (bicyclic) bond motifs is 1. The van der Waals surface area contributed by atoms with E-state index in [-0.39, 0.29) is 18.1 Å². The number of amides is 1. The summed E-state index contributed by atoms with van der Waals surface area (Å²) >= 11 is 0. The highest BCUT2D eigenvalue weighted by atomic mass is 19.1. The van der Waals surface area contributed by atoms with Crippen molar-refractivity contribution in [1.82, 2.24) is 4.90 Å². The minimum Gasteiger partial charge on any atom is -0.494 e. The zero-order valence-electron chi connectivity index (χ0n) is 16.5. The summed E-state index contributed by atoms with van der Waals surface area (Å²) in [5.74, 6) is -0.769. The van der Waals surface area contributed by atoms with Crippen LogP contribution in [0.15, 0.2) is 46.9 Å². The Morgan fingerprint density at radius 1 is 1.17 bits per heavy atom. The molecule has 29 heavy (non-hydrogen) atoms. The van der Waals surface area contributed by atoms with Crippen LogP contribution in [0, 0.1) is 12.7 Å². The van der Waals surface area contributed by atoms with Gasteiger partial charge in [-0.05, 0) is 49.7 Å². The molecule has 0 unspecified atom stereocenters. The zero-order valence-corrected chi connectivity index (χ0v) is 16.5. The van der Waals surface area contributed by atoms with Gasteiger partial charge in [0.05, 0.1) is 6.61 Å². The van der Waals surface area contributed by atoms with Gasteiger partial charge in [-0.2, -0.15) is 0 Å². The van der Waals surface area contributed by atoms with Crippen molar-refractivity contribution in [1.29, 1.82) is 0 Å². The summed E-state index contributed by atoms with van der Waals surface area (Å²) in [5.41, 5.74) is 1.80. The van der Waals surface area contributed by atoms with Crippen LogP contribution >= 0.6 is 0 Å². The highest BCUT2D eigenvalue weighted by molar-refractivity contribution is 5.97. The second-order valence-corrected chi connectivity index (χ2v) is 6.60. The fourth-order valence-electron chi connectivity index (χ4n) is 2.95. The SMILES string of the molecule is CCOc1ccc2oc(C(=O)OCC(=O)N(C)Cc3cccc(F)c3)c(C)c2c1. The Balaban J connectivity index is 1.64. The number of hydrogen-bond acceptors (Lipinski definition) is 5. The number of carbonyl (C=O) groups is 2. The minimum absolute atomic E-state index is 0.0502. The first-order chi connectivity index (χ1) is 13.9. The third-order valence-corrected chi connectivity index (χ3v) is 4.47. The lowest BCUT2D eigenvalue weighted by Crippen LogP contribution is -2.30. The molecule has 3 aromatic rings. The quantitative estimate of drug-likeness (QED) is 0.560. The molecule has 0 N–H and O–H groups in total. The second-order valence-electron chi connectivity index (χ2n) is 6.60. The summed E-state index contributed by atoms with van der Waals surface area (Å²) in [4.78, 5) is 26.0. The van der Waals surface area contributed by atoms with E-state index in [4.69, 9.17) is 13.9 Å². The van der Waals surface area contributed by atoms with Crippen LogP contribution in [0.5, 0.6) is 5.75 Å². The lowest BCUT2D eigenvalue weighted by atomic mass is 10.1. The Bertz CT molecular complexity index is 1040. The number of esters is 1. The van der Waals surface area contributed by atoms with Gasteiger partial charge in [0, 0.05) is 24.5 Å². The molecule has 7 heteroatoms. The number of benzene rings is 2. The van der Waals surface area contributed by atoms with Crippen LogP contribution in [0.25, 0.3) is 11.0 Å². The maximum atomic E-state index is 13.3. The van der Waals surface area contributed by atoms with E-state index in [1.807, 2.05) is 6.92 Å². The van der Waals surface area contributed by atoms with Crippen LogP contribution in [0.4, 0.5) is 4.39 Å². The lowest BCUT2D eigenvalue weighted by Gasteiger charge is -2.17. The van der Waals surface area contributed by atoms with Gasteiger partial charge in [0.15, 0.2) is 6.61 Å². The first kappa shape index (κ1) is 20.4. The molecule has 0 aliphatic rings. The molecule has 1 amide bonds. The molecule has 0 aliphatic carbocycles. The first-order valence-electron chi connectivity index (χ1n) is 9.20. The van der Waals surface area contributed by atoms with Crippen molar-refractivity contribution in [2.75, 3.05) is 20.3 Å². The Labute approximate surface area is 167 Å². The molecule has 0 bridgehead atoms. The molecule has 3 rings (SSSR count). The Kier molecular flexibility index (Phi) is 6.16. The summed E-state index contributed by atoms with van der Waals surface area (Å²) in [5, 5.41) is 0.748. The fourth-order valence-corrected chi connectivity index (χ4v) is 2.95. The molecule has 0 radical (unpaired) electrons. The van der Waals surface area contributed by atoms with Crippen molar-refractivity contribution in [3.8, 4) is 5.75 Å². The maximum absolute atomic E-state index is 13.3. The van der Waals surface area contributed by atoms with E-state index in [2.05, 4.69) is 0 Å². The Hall–Kier alpha value is -3.35. The maximum Gasteiger partial charge on any atom is 0.375 e. The van der Waals surface area contributed by atoms with Gasteiger partial charge < -0.3 is 18.8 Å². The standard InChI is InChI=1S/C22H22FNO5/c1-4-27-17-8-9-19-18(11-17)14(2)21(29-19)22(26)28-13-20(25)24(3)12-15-6-5-7-16(23)10-15/h5-11H,4,12-13H2,1-3H3. The molecule has 1 heterocycles. The fraction of sp³-hybridized carbons (Fsp3) is 0.273. The summed E-state index contributed by atoms with van der Waals surface area (Å²) in [6.45, 7) is 3.93. The molecule has 0 saturated carbocycles. The van der Waals surface area contributed by atoms with Crippen LogP contribution in [0.3, 0.4) is 0 Å². The molecule has 0 saturated heterocycles. The Morgan fingerprint density at radius 2 is 1.97 bits per heavy atom. The van der Waals surface area contributed by atoms with E-state index in [1.54, 1.807) is 44.3 Å². The van der Waals surface area contributed by atoms with Crippen LogP contribution in [-0.4, -0.2) is 37.0 Å². The van der Waals surface area contributed by atoms with E-state index in [1.165, 1.54) is 17.0 Å². The first-order valence-corrected chi connectivity index (χ1v) is 9.20. The zero-order chi connectivity index (χ0) is 21.0. The van der Waals surface area contributed by atoms with Gasteiger partial charge >= 0.3 is 5.97 Å². The van der Waals surface area contributed by atoms with Gasteiger partial charge in [-0.3, -0.25) is 4.79 Å². The smallest absolute Gasteiger partial charge is 0.375 e. The topological polar surface area (TPSA) is 69.0 Å². The number of hydrogen-bond donors (Lipinski definition) is 0. The average molecular weight is 399 g/mol. The van der Waals surface area contributed by atoms with E-state index in [0.29, 0.717) is 29.1 Å². The molecule has 0 atom stereocenters. The van der Waals surface area contributed by atoms with Crippen molar-refractivity contribution in [2.24, 2.45) is 0 Å². The summed E-state index contributed by atoms with van der Waals surface area (Å²) in [6.07, 6.45) is 0. The number of likely N-dealkylation sites (N-methyl/N-ethyl adjacent to an activating group) is 1. The summed E-state index contributed by atoms with van der Waals surface area (Å²) in [7, 11) is 1.56. The van der Waals surface area contributed by atoms with Gasteiger partial charge in [-0.15, -0.1) is 0 Å². The van der Waals surface area contributed by atoms with Crippen molar-refractivity contribution >= 4 is 22.8 Å². The van der Waals surface area contributed by atoms with E-state index in [0.717, 1.165) is 5.39 Å². The molecule has 2 aromatic carbocycles. The average Bonchev–Trinajstić information content (AvgIpc) is 3.02. The molecule has 0 spiro atoms. The van der Waals surface area contributed by atoms with Gasteiger partial charge in [0.25, 0.3) is 5.91 Å². The highest BCUT2D eigenvalue weighted by Gasteiger charge is 2.21. The van der Waals surface area contributed by atoms with Crippen molar-refractivity contribution in [2.45, 2.75) is 20.4 Å². The number of halogens is 1. The predicted octanol–water partition coefficient (Wildman–Crippen LogP) is 4.09. The number of ether oxygens (including phenoxy) is 2. The number of furan rings is 1. The highest BCUT2D eigenvalue weighted by Crippen LogP contribution is 2.29. The van der Waals surface area contributed by atoms with Crippen molar-refractivity contribution < 1.29 is 27.9 Å². The van der Waals surface area contributed by atoms with Gasteiger partial charge in [-0.25, -0.2) is 9.18 Å². The second kappa shape index (κ2) is 8.77. The summed E-state index contributed by atoms with van der Waals surface area (Å²) in [6, 6.07) is 11.3. The minimum atomic E-state index is -0.718. The molecule has 6 nitrogen and oxygen atoms in total. The number of carbonyl (C=O) groups excluding carboxylic acids is 2. The number of rotatable bonds is 7. The van der Waals surface area contributed by atoms with Crippen LogP contribution < -0.4 is 4.74 Å². The molecule has 1 aromatic heterocycles. The summed E-state index contributed by atoms with van der Waals surface area (Å²) < 4.78 is 29.5. The van der Waals surface area contributed by atoms with Gasteiger partial charge in [0.2, 0.25) is 5.76 Å². The number of nitrogens with zero attached hydrogens (tertiary/aromatic N) is 1. The van der Waals surface area contributed by atoms with Gasteiger partial charge in [0.1, 0.15) is 17.1 Å². The van der Waals surface area contributed by atoms with Crippen molar-refractivity contribution in [3.63, 3.8) is 0 Å². The third kappa shape index (κ3) is 4.74. The monoisotopic (exact) mass is 399 g/mol. The Morgan fingerprint density at radius 3 is 2.69 bits per heavy atom. The predicted molar refractivity (Wildman–Crippen MR) is 105 cm³/mol. The largest absolute Gasteiger partial charge is 0.494 e. The van der Waals surface area contributed by atoms with Gasteiger partial charge in [-0.1, -0.05) is 12.1 Å². The van der Waals surface area contributed by atoms with Crippen LogP contribution in [-0.2, 0) is 16.1 Å². The van der Waals surface area contributed by atoms with Crippen LogP contribution in [0.1, 0.15) is 28.6 Å². The normalized spacial score (nSPS) is 10.8. The molecular formula is C22H22FNO5. The number of aryl methyl sites for hydroxylation is 1. The van der Waals surface area contributed by atoms with Crippen LogP contribution in [0.2, 0.25) is 0 Å². The molecule has 0 aliphatic heterocycles. The van der Waals surface area contributed by atoms with E-state index in [9.17, 15) is 14.0 Å². The molecular weight excluding hydrogens is 377 g/mol. The lowest BCUT2D eigenvalue weighted by molar-refractivity contribution is -0.133. The van der Waals surface area contributed by atoms with Crippen molar-refractivity contribution in [3.05, 3.63) is 65.2 Å². The molecule has 152 valence electrons. The van der Waals surface area contributed by atoms with E-state index < -0.39 is 18.5 Å². The molecule has 0 fully saturated rings. The third-order valence-electron chi connectivity index (χ3n) is 4.47. The van der Waals surface area contributed by atoms with E-state index >= 15 is 0 Å².